The number of hydrogen-bond acceptors (Lipinski definition) is 2. The summed E-state index contributed by atoms with van der Waals surface area (Å²) in [5.74, 6) is 0.0962. The van der Waals surface area contributed by atoms with E-state index >= 15 is 0 Å². The van der Waals surface area contributed by atoms with E-state index in [2.05, 4.69) is 232 Å². The van der Waals surface area contributed by atoms with Crippen LogP contribution in [0.25, 0.3) is 82.5 Å². The number of nitrogens with zero attached hydrogens (tertiary/aromatic N) is 5. The fraction of sp³-hybridized carbons (Fsp3) is 0.0536. The van der Waals surface area contributed by atoms with Gasteiger partial charge in [-0.1, -0.05) is 152 Å². The molecule has 1 aliphatic carbocycles. The minimum Gasteiger partial charge on any atom is -0.329 e. The molecule has 8 aromatic carbocycles. The second-order valence-electron chi connectivity index (χ2n) is 16.5. The molecule has 1 aliphatic heterocycles. The molecular weight excluding hydrogens is 743 g/mol. The van der Waals surface area contributed by atoms with Crippen molar-refractivity contribution in [2.45, 2.75) is 18.4 Å². The summed E-state index contributed by atoms with van der Waals surface area (Å²) in [6, 6.07) is 66.0. The van der Waals surface area contributed by atoms with Gasteiger partial charge in [0, 0.05) is 43.9 Å². The zero-order valence-corrected chi connectivity index (χ0v) is 33.4. The van der Waals surface area contributed by atoms with Crippen LogP contribution in [0.1, 0.15) is 24.0 Å². The number of aromatic nitrogens is 3. The van der Waals surface area contributed by atoms with Crippen LogP contribution >= 0.6 is 0 Å². The van der Waals surface area contributed by atoms with Crippen LogP contribution in [0, 0.1) is 11.3 Å². The van der Waals surface area contributed by atoms with Gasteiger partial charge >= 0.3 is 0 Å². The van der Waals surface area contributed by atoms with E-state index in [9.17, 15) is 5.26 Å². The van der Waals surface area contributed by atoms with E-state index < -0.39 is 5.54 Å². The number of fused-ring (bicyclic) bond motifs is 12. The number of nitriles is 1. The van der Waals surface area contributed by atoms with Gasteiger partial charge in [-0.25, -0.2) is 0 Å². The number of hydrogen-bond donors (Lipinski definition) is 0. The Kier molecular flexibility index (Phi) is 6.92. The third-order valence-corrected chi connectivity index (χ3v) is 13.5. The van der Waals surface area contributed by atoms with Crippen LogP contribution in [0.4, 0.5) is 11.4 Å². The van der Waals surface area contributed by atoms with Crippen molar-refractivity contribution < 1.29 is 0 Å². The molecule has 0 saturated heterocycles. The summed E-state index contributed by atoms with van der Waals surface area (Å²) in [5.41, 5.74) is 12.4. The molecular formula is C56H37N5. The zero-order valence-electron chi connectivity index (χ0n) is 33.4. The number of benzene rings is 8. The van der Waals surface area contributed by atoms with E-state index in [-0.39, 0.29) is 5.92 Å². The number of rotatable bonds is 4. The second-order valence-corrected chi connectivity index (χ2v) is 16.5. The van der Waals surface area contributed by atoms with Crippen molar-refractivity contribution in [3.05, 3.63) is 211 Å². The van der Waals surface area contributed by atoms with Crippen molar-refractivity contribution in [3.8, 4) is 23.1 Å². The Bertz CT molecular complexity index is 3610. The zero-order chi connectivity index (χ0) is 40.4. The van der Waals surface area contributed by atoms with E-state index in [0.29, 0.717) is 5.56 Å². The molecule has 0 saturated carbocycles. The van der Waals surface area contributed by atoms with Crippen LogP contribution in [-0.2, 0) is 0 Å². The van der Waals surface area contributed by atoms with Crippen LogP contribution < -0.4 is 4.90 Å². The standard InChI is InChI=1S/C56H37N5/c1-56-33-17-16-25-44(56)42-24-8-15-32-51(42)61(56)53-34-52(58-45-26-9-2-18-36(45)37-19-3-10-27-46(37)58)54(59-47-28-11-4-20-38(47)39-21-5-12-29-48(39)59)43(35-57)55(53)60-49-30-13-6-22-40(49)41-23-7-14-31-50(41)60/h2-34,44H,1H3. The predicted octanol–water partition coefficient (Wildman–Crippen LogP) is 14.0. The van der Waals surface area contributed by atoms with E-state index in [1.807, 2.05) is 0 Å². The van der Waals surface area contributed by atoms with Crippen LogP contribution in [0.5, 0.6) is 0 Å². The van der Waals surface area contributed by atoms with Crippen molar-refractivity contribution >= 4 is 76.8 Å². The van der Waals surface area contributed by atoms with Crippen molar-refractivity contribution in [1.29, 1.82) is 5.26 Å². The molecule has 2 aliphatic rings. The SMILES string of the molecule is CC12C=CC=CC1c1ccccc1N2c1cc(-n2c3ccccc3c3ccccc32)c(-n2c3ccccc3c3ccccc32)c(C#N)c1-n1c2ccccc2c2ccccc21. The van der Waals surface area contributed by atoms with Gasteiger partial charge in [0.2, 0.25) is 0 Å². The van der Waals surface area contributed by atoms with Crippen molar-refractivity contribution in [2.75, 3.05) is 4.90 Å². The summed E-state index contributed by atoms with van der Waals surface area (Å²) in [5, 5.41) is 19.2. The maximum Gasteiger partial charge on any atom is 0.104 e. The van der Waals surface area contributed by atoms with E-state index in [4.69, 9.17) is 0 Å². The molecule has 0 radical (unpaired) electrons. The summed E-state index contributed by atoms with van der Waals surface area (Å²) in [7, 11) is 0. The number of anilines is 2. The minimum atomic E-state index is -0.481. The lowest BCUT2D eigenvalue weighted by atomic mass is 9.80. The molecule has 61 heavy (non-hydrogen) atoms. The normalized spacial score (nSPS) is 17.0. The molecule has 286 valence electrons. The quantitative estimate of drug-likeness (QED) is 0.179. The molecule has 2 unspecified atom stereocenters. The van der Waals surface area contributed by atoms with E-state index in [1.54, 1.807) is 0 Å². The maximum atomic E-state index is 12.3. The highest BCUT2D eigenvalue weighted by Gasteiger charge is 2.48. The fourth-order valence-corrected chi connectivity index (χ4v) is 11.0. The first-order valence-corrected chi connectivity index (χ1v) is 21.0. The van der Waals surface area contributed by atoms with Gasteiger partial charge in [-0.2, -0.15) is 5.26 Å². The molecule has 11 aromatic rings. The minimum absolute atomic E-state index is 0.0962. The molecule has 5 heteroatoms. The van der Waals surface area contributed by atoms with Crippen molar-refractivity contribution in [3.63, 3.8) is 0 Å². The highest BCUT2D eigenvalue weighted by molar-refractivity contribution is 6.14. The van der Waals surface area contributed by atoms with Gasteiger partial charge in [0.1, 0.15) is 11.6 Å². The van der Waals surface area contributed by atoms with Crippen LogP contribution in [0.2, 0.25) is 0 Å². The summed E-state index contributed by atoms with van der Waals surface area (Å²) >= 11 is 0. The average Bonchev–Trinajstić information content (AvgIpc) is 4.02. The first-order chi connectivity index (χ1) is 30.2. The topological polar surface area (TPSA) is 41.8 Å². The third kappa shape index (κ3) is 4.43. The molecule has 2 atom stereocenters. The van der Waals surface area contributed by atoms with Crippen LogP contribution in [0.3, 0.4) is 0 Å². The van der Waals surface area contributed by atoms with Gasteiger partial charge in [0.25, 0.3) is 0 Å². The van der Waals surface area contributed by atoms with Gasteiger partial charge in [-0.3, -0.25) is 0 Å². The maximum absolute atomic E-state index is 12.3. The summed E-state index contributed by atoms with van der Waals surface area (Å²) < 4.78 is 7.13. The molecule has 4 heterocycles. The Labute approximate surface area is 352 Å². The van der Waals surface area contributed by atoms with Crippen LogP contribution in [0.15, 0.2) is 200 Å². The van der Waals surface area contributed by atoms with Gasteiger partial charge < -0.3 is 18.6 Å². The highest BCUT2D eigenvalue weighted by Crippen LogP contribution is 2.57. The third-order valence-electron chi connectivity index (χ3n) is 13.5. The van der Waals surface area contributed by atoms with E-state index in [0.717, 1.165) is 93.9 Å². The Morgan fingerprint density at radius 1 is 0.443 bits per heavy atom. The van der Waals surface area contributed by atoms with Gasteiger partial charge in [-0.05, 0) is 61.0 Å². The lowest BCUT2D eigenvalue weighted by Gasteiger charge is -2.41. The highest BCUT2D eigenvalue weighted by atomic mass is 15.3. The molecule has 13 rings (SSSR count). The first-order valence-electron chi connectivity index (χ1n) is 21.0. The summed E-state index contributed by atoms with van der Waals surface area (Å²) in [6.45, 7) is 2.35. The molecule has 0 bridgehead atoms. The monoisotopic (exact) mass is 779 g/mol. The molecule has 0 N–H and O–H groups in total. The number of allylic oxidation sites excluding steroid dienone is 2. The molecule has 0 fully saturated rings. The smallest absolute Gasteiger partial charge is 0.104 e. The van der Waals surface area contributed by atoms with Crippen LogP contribution in [-0.4, -0.2) is 19.2 Å². The Morgan fingerprint density at radius 2 is 0.836 bits per heavy atom. The second kappa shape index (κ2) is 12.5. The Balaban J connectivity index is 1.31. The molecule has 0 amide bonds. The Morgan fingerprint density at radius 3 is 1.30 bits per heavy atom. The van der Waals surface area contributed by atoms with Gasteiger partial charge in [0.05, 0.1) is 61.4 Å². The van der Waals surface area contributed by atoms with Gasteiger partial charge in [-0.15, -0.1) is 0 Å². The Hall–Kier alpha value is -8.07. The lowest BCUT2D eigenvalue weighted by molar-refractivity contribution is 0.542. The van der Waals surface area contributed by atoms with Crippen molar-refractivity contribution in [2.24, 2.45) is 0 Å². The van der Waals surface area contributed by atoms with Crippen molar-refractivity contribution in [1.82, 2.24) is 13.7 Å². The average molecular weight is 780 g/mol. The summed E-state index contributed by atoms with van der Waals surface area (Å²) in [4.78, 5) is 2.53. The lowest BCUT2D eigenvalue weighted by Crippen LogP contribution is -2.42. The largest absolute Gasteiger partial charge is 0.329 e. The van der Waals surface area contributed by atoms with E-state index in [1.165, 1.54) is 5.56 Å². The molecule has 5 nitrogen and oxygen atoms in total. The van der Waals surface area contributed by atoms with Gasteiger partial charge in [0.15, 0.2) is 0 Å². The summed E-state index contributed by atoms with van der Waals surface area (Å²) in [6.07, 6.45) is 9.04. The fourth-order valence-electron chi connectivity index (χ4n) is 11.0. The number of para-hydroxylation sites is 7. The molecule has 0 spiro atoms. The molecule has 3 aromatic heterocycles. The first kappa shape index (κ1) is 33.9. The predicted molar refractivity (Wildman–Crippen MR) is 252 cm³/mol.